The van der Waals surface area contributed by atoms with Crippen LogP contribution in [0.15, 0.2) is 0 Å². The summed E-state index contributed by atoms with van der Waals surface area (Å²) in [5, 5.41) is 0. The maximum atomic E-state index is 12.1. The van der Waals surface area contributed by atoms with Crippen LogP contribution >= 0.6 is 0 Å². The predicted octanol–water partition coefficient (Wildman–Crippen LogP) is 2.01. The summed E-state index contributed by atoms with van der Waals surface area (Å²) in [6.45, 7) is 7.52. The van der Waals surface area contributed by atoms with E-state index >= 15 is 0 Å². The lowest BCUT2D eigenvalue weighted by Crippen LogP contribution is -2.27. The Morgan fingerprint density at radius 1 is 1.50 bits per heavy atom. The SMILES string of the molecule is CC(C)(C)OC(=O)C[C@H]1CCN(CCF)C1. The molecule has 0 bridgehead atoms. The molecule has 0 saturated carbocycles. The summed E-state index contributed by atoms with van der Waals surface area (Å²) in [6.07, 6.45) is 1.43. The summed E-state index contributed by atoms with van der Waals surface area (Å²) in [6, 6.07) is 0. The minimum atomic E-state index is -0.408. The van der Waals surface area contributed by atoms with E-state index in [1.807, 2.05) is 20.8 Å². The van der Waals surface area contributed by atoms with Crippen LogP contribution in [0.5, 0.6) is 0 Å². The van der Waals surface area contributed by atoms with E-state index in [1.165, 1.54) is 0 Å². The molecule has 1 aliphatic rings. The molecular formula is C12H22FNO2. The molecule has 1 heterocycles. The number of hydrogen-bond donors (Lipinski definition) is 0. The van der Waals surface area contributed by atoms with Crippen LogP contribution in [0.2, 0.25) is 0 Å². The summed E-state index contributed by atoms with van der Waals surface area (Å²) in [5.41, 5.74) is -0.408. The van der Waals surface area contributed by atoms with Crippen molar-refractivity contribution in [3.05, 3.63) is 0 Å². The van der Waals surface area contributed by atoms with Gasteiger partial charge in [0, 0.05) is 19.5 Å². The largest absolute Gasteiger partial charge is 0.460 e. The highest BCUT2D eigenvalue weighted by molar-refractivity contribution is 5.70. The van der Waals surface area contributed by atoms with Gasteiger partial charge in [-0.25, -0.2) is 4.39 Å². The zero-order valence-corrected chi connectivity index (χ0v) is 10.5. The highest BCUT2D eigenvalue weighted by Crippen LogP contribution is 2.21. The number of carbonyl (C=O) groups is 1. The van der Waals surface area contributed by atoms with Gasteiger partial charge in [-0.2, -0.15) is 0 Å². The Bertz CT molecular complexity index is 238. The minimum absolute atomic E-state index is 0.139. The highest BCUT2D eigenvalue weighted by Gasteiger charge is 2.26. The number of halogens is 1. The van der Waals surface area contributed by atoms with Crippen molar-refractivity contribution in [3.8, 4) is 0 Å². The number of likely N-dealkylation sites (tertiary alicyclic amines) is 1. The highest BCUT2D eigenvalue weighted by atomic mass is 19.1. The van der Waals surface area contributed by atoms with Gasteiger partial charge < -0.3 is 9.64 Å². The summed E-state index contributed by atoms with van der Waals surface area (Å²) >= 11 is 0. The first-order valence-electron chi connectivity index (χ1n) is 5.91. The average Bonchev–Trinajstić information content (AvgIpc) is 2.49. The molecule has 0 aromatic heterocycles. The van der Waals surface area contributed by atoms with Gasteiger partial charge in [0.25, 0.3) is 0 Å². The van der Waals surface area contributed by atoms with Crippen LogP contribution < -0.4 is 0 Å². The van der Waals surface area contributed by atoms with Gasteiger partial charge in [-0.1, -0.05) is 0 Å². The van der Waals surface area contributed by atoms with Crippen molar-refractivity contribution in [2.24, 2.45) is 5.92 Å². The van der Waals surface area contributed by atoms with E-state index in [9.17, 15) is 9.18 Å². The number of rotatable bonds is 4. The number of alkyl halides is 1. The van der Waals surface area contributed by atoms with E-state index in [2.05, 4.69) is 4.90 Å². The van der Waals surface area contributed by atoms with E-state index in [4.69, 9.17) is 4.74 Å². The van der Waals surface area contributed by atoms with Gasteiger partial charge in [0.1, 0.15) is 12.3 Å². The van der Waals surface area contributed by atoms with Crippen molar-refractivity contribution in [2.75, 3.05) is 26.3 Å². The maximum absolute atomic E-state index is 12.1. The number of hydrogen-bond acceptors (Lipinski definition) is 3. The Morgan fingerprint density at radius 3 is 2.75 bits per heavy atom. The minimum Gasteiger partial charge on any atom is -0.460 e. The fourth-order valence-electron chi connectivity index (χ4n) is 2.02. The summed E-state index contributed by atoms with van der Waals surface area (Å²) in [5.74, 6) is 0.195. The molecule has 0 amide bonds. The predicted molar refractivity (Wildman–Crippen MR) is 61.0 cm³/mol. The zero-order chi connectivity index (χ0) is 12.2. The second kappa shape index (κ2) is 5.62. The standard InChI is InChI=1S/C12H22FNO2/c1-12(2,3)16-11(15)8-10-4-6-14(9-10)7-5-13/h10H,4-9H2,1-3H3/t10-/m1/s1. The van der Waals surface area contributed by atoms with E-state index < -0.39 is 5.60 Å². The van der Waals surface area contributed by atoms with Crippen LogP contribution in [0, 0.1) is 5.92 Å². The summed E-state index contributed by atoms with van der Waals surface area (Å²) in [7, 11) is 0. The van der Waals surface area contributed by atoms with E-state index in [-0.39, 0.29) is 12.6 Å². The third-order valence-corrected chi connectivity index (χ3v) is 2.65. The van der Waals surface area contributed by atoms with Gasteiger partial charge in [0.15, 0.2) is 0 Å². The van der Waals surface area contributed by atoms with Gasteiger partial charge in [0.2, 0.25) is 0 Å². The fourth-order valence-corrected chi connectivity index (χ4v) is 2.02. The molecule has 4 heteroatoms. The van der Waals surface area contributed by atoms with Crippen LogP contribution in [-0.4, -0.2) is 42.8 Å². The molecule has 1 saturated heterocycles. The lowest BCUT2D eigenvalue weighted by atomic mass is 10.1. The summed E-state index contributed by atoms with van der Waals surface area (Å²) in [4.78, 5) is 13.6. The Labute approximate surface area is 96.9 Å². The van der Waals surface area contributed by atoms with Crippen LogP contribution in [0.3, 0.4) is 0 Å². The van der Waals surface area contributed by atoms with Gasteiger partial charge in [-0.05, 0) is 39.7 Å². The molecule has 0 aromatic rings. The van der Waals surface area contributed by atoms with E-state index in [0.29, 0.717) is 18.9 Å². The van der Waals surface area contributed by atoms with Crippen molar-refractivity contribution >= 4 is 5.97 Å². The Morgan fingerprint density at radius 2 is 2.19 bits per heavy atom. The fraction of sp³-hybridized carbons (Fsp3) is 0.917. The van der Waals surface area contributed by atoms with Crippen LogP contribution in [0.1, 0.15) is 33.6 Å². The monoisotopic (exact) mass is 231 g/mol. The molecule has 0 aliphatic carbocycles. The Kier molecular flexibility index (Phi) is 4.71. The Balaban J connectivity index is 2.26. The molecular weight excluding hydrogens is 209 g/mol. The van der Waals surface area contributed by atoms with Gasteiger partial charge >= 0.3 is 5.97 Å². The molecule has 0 radical (unpaired) electrons. The molecule has 0 N–H and O–H groups in total. The van der Waals surface area contributed by atoms with E-state index in [1.54, 1.807) is 0 Å². The lowest BCUT2D eigenvalue weighted by molar-refractivity contribution is -0.155. The van der Waals surface area contributed by atoms with Crippen molar-refractivity contribution in [1.82, 2.24) is 4.90 Å². The quantitative estimate of drug-likeness (QED) is 0.693. The molecule has 1 rings (SSSR count). The molecule has 1 aliphatic heterocycles. The van der Waals surface area contributed by atoms with Gasteiger partial charge in [0.05, 0.1) is 0 Å². The molecule has 0 unspecified atom stereocenters. The second-order valence-electron chi connectivity index (χ2n) is 5.43. The molecule has 94 valence electrons. The van der Waals surface area contributed by atoms with Gasteiger partial charge in [-0.3, -0.25) is 4.79 Å². The van der Waals surface area contributed by atoms with Crippen molar-refractivity contribution in [3.63, 3.8) is 0 Å². The maximum Gasteiger partial charge on any atom is 0.306 e. The van der Waals surface area contributed by atoms with Crippen LogP contribution in [0.4, 0.5) is 4.39 Å². The van der Waals surface area contributed by atoms with Gasteiger partial charge in [-0.15, -0.1) is 0 Å². The Hall–Kier alpha value is -0.640. The third kappa shape index (κ3) is 4.92. The number of nitrogens with zero attached hydrogens (tertiary/aromatic N) is 1. The normalized spacial score (nSPS) is 22.4. The lowest BCUT2D eigenvalue weighted by Gasteiger charge is -2.20. The second-order valence-corrected chi connectivity index (χ2v) is 5.43. The van der Waals surface area contributed by atoms with Crippen LogP contribution in [-0.2, 0) is 9.53 Å². The first kappa shape index (κ1) is 13.4. The number of carbonyl (C=O) groups excluding carboxylic acids is 1. The van der Waals surface area contributed by atoms with Crippen molar-refractivity contribution < 1.29 is 13.9 Å². The molecule has 0 aromatic carbocycles. The smallest absolute Gasteiger partial charge is 0.306 e. The number of ether oxygens (including phenoxy) is 1. The topological polar surface area (TPSA) is 29.5 Å². The van der Waals surface area contributed by atoms with Crippen molar-refractivity contribution in [2.45, 2.75) is 39.2 Å². The first-order chi connectivity index (χ1) is 7.40. The molecule has 1 atom stereocenters. The number of esters is 1. The average molecular weight is 231 g/mol. The molecule has 16 heavy (non-hydrogen) atoms. The zero-order valence-electron chi connectivity index (χ0n) is 10.5. The van der Waals surface area contributed by atoms with E-state index in [0.717, 1.165) is 19.5 Å². The summed E-state index contributed by atoms with van der Waals surface area (Å²) < 4.78 is 17.4. The molecule has 3 nitrogen and oxygen atoms in total. The van der Waals surface area contributed by atoms with Crippen molar-refractivity contribution in [1.29, 1.82) is 0 Å². The van der Waals surface area contributed by atoms with Crippen LogP contribution in [0.25, 0.3) is 0 Å². The third-order valence-electron chi connectivity index (χ3n) is 2.65. The molecule has 1 fully saturated rings. The molecule has 0 spiro atoms. The first-order valence-corrected chi connectivity index (χ1v) is 5.91.